The molecule has 0 spiro atoms. The minimum atomic E-state index is -0.504. The first-order valence-electron chi connectivity index (χ1n) is 9.52. The molecule has 0 aliphatic heterocycles. The van der Waals surface area contributed by atoms with E-state index in [2.05, 4.69) is 27.3 Å². The van der Waals surface area contributed by atoms with Crippen molar-refractivity contribution in [2.75, 3.05) is 5.32 Å². The Morgan fingerprint density at radius 2 is 1.93 bits per heavy atom. The third-order valence-electron chi connectivity index (χ3n) is 5.05. The van der Waals surface area contributed by atoms with E-state index in [0.717, 1.165) is 47.1 Å². The number of halogens is 1. The zero-order valence-electron chi connectivity index (χ0n) is 16.0. The number of nitrogens with one attached hydrogen (secondary N) is 1. The Bertz CT molecular complexity index is 1220. The topological polar surface area (TPSA) is 81.6 Å². The van der Waals surface area contributed by atoms with Crippen LogP contribution >= 0.6 is 27.3 Å². The maximum atomic E-state index is 12.8. The molecule has 3 aromatic rings. The van der Waals surface area contributed by atoms with Crippen LogP contribution in [0.15, 0.2) is 52.6 Å². The van der Waals surface area contributed by atoms with Crippen LogP contribution in [0.5, 0.6) is 0 Å². The molecule has 0 saturated carbocycles. The highest BCUT2D eigenvalue weighted by molar-refractivity contribution is 9.10. The van der Waals surface area contributed by atoms with E-state index < -0.39 is 5.91 Å². The molecule has 0 saturated heterocycles. The number of rotatable bonds is 4. The van der Waals surface area contributed by atoms with Crippen LogP contribution in [0, 0.1) is 22.7 Å². The summed E-state index contributed by atoms with van der Waals surface area (Å²) in [6.07, 6.45) is 7.41. The second-order valence-corrected chi connectivity index (χ2v) is 8.95. The highest BCUT2D eigenvalue weighted by atomic mass is 79.9. The normalized spacial score (nSPS) is 13.2. The minimum Gasteiger partial charge on any atom is -0.317 e. The quantitative estimate of drug-likeness (QED) is 0.393. The van der Waals surface area contributed by atoms with Gasteiger partial charge in [0.15, 0.2) is 0 Å². The van der Waals surface area contributed by atoms with E-state index >= 15 is 0 Å². The lowest BCUT2D eigenvalue weighted by atomic mass is 9.96. The summed E-state index contributed by atoms with van der Waals surface area (Å²) >= 11 is 4.87. The van der Waals surface area contributed by atoms with Gasteiger partial charge in [-0.05, 0) is 73.7 Å². The van der Waals surface area contributed by atoms with Crippen molar-refractivity contribution in [3.05, 3.63) is 74.3 Å². The van der Waals surface area contributed by atoms with E-state index in [1.807, 2.05) is 53.2 Å². The number of nitriles is 2. The first kappa shape index (κ1) is 20.2. The molecule has 7 heteroatoms. The molecule has 2 aromatic heterocycles. The smallest absolute Gasteiger partial charge is 0.267 e. The highest BCUT2D eigenvalue weighted by Gasteiger charge is 2.22. The summed E-state index contributed by atoms with van der Waals surface area (Å²) in [4.78, 5) is 14.0. The van der Waals surface area contributed by atoms with Gasteiger partial charge >= 0.3 is 0 Å². The molecule has 1 aliphatic rings. The van der Waals surface area contributed by atoms with E-state index in [4.69, 9.17) is 0 Å². The van der Waals surface area contributed by atoms with Crippen molar-refractivity contribution in [1.82, 2.24) is 4.57 Å². The van der Waals surface area contributed by atoms with Crippen LogP contribution in [-0.2, 0) is 17.6 Å². The fraction of sp³-hybridized carbons (Fsp3) is 0.174. The predicted octanol–water partition coefficient (Wildman–Crippen LogP) is 5.60. The first-order chi connectivity index (χ1) is 14.6. The van der Waals surface area contributed by atoms with Gasteiger partial charge in [0.25, 0.3) is 5.91 Å². The van der Waals surface area contributed by atoms with Gasteiger partial charge in [0.1, 0.15) is 22.7 Å². The SMILES string of the molecule is N#C/C(=C\c1cccn1-c1ccc(Br)cc1)C(=O)Nc1sc2c(c1C#N)CCCC2. The molecular formula is C23H17BrN4OS. The van der Waals surface area contributed by atoms with Crippen LogP contribution in [0.2, 0.25) is 0 Å². The molecular weight excluding hydrogens is 460 g/mol. The van der Waals surface area contributed by atoms with Gasteiger partial charge < -0.3 is 9.88 Å². The standard InChI is InChI=1S/C23H17BrN4OS/c24-16-7-9-17(10-8-16)28-11-3-4-18(28)12-15(13-25)22(29)27-23-20(14-26)19-5-1-2-6-21(19)30-23/h3-4,7-12H,1-2,5-6H2,(H,27,29)/b15-12+. The van der Waals surface area contributed by atoms with Gasteiger partial charge in [-0.2, -0.15) is 10.5 Å². The van der Waals surface area contributed by atoms with Gasteiger partial charge in [0, 0.05) is 26.9 Å². The molecule has 4 rings (SSSR count). The van der Waals surface area contributed by atoms with Crippen LogP contribution in [0.25, 0.3) is 11.8 Å². The van der Waals surface area contributed by atoms with Crippen molar-refractivity contribution >= 4 is 44.3 Å². The van der Waals surface area contributed by atoms with Crippen molar-refractivity contribution in [3.63, 3.8) is 0 Å². The molecule has 1 N–H and O–H groups in total. The first-order valence-corrected chi connectivity index (χ1v) is 11.1. The third-order valence-corrected chi connectivity index (χ3v) is 6.79. The summed E-state index contributed by atoms with van der Waals surface area (Å²) < 4.78 is 2.88. The molecule has 30 heavy (non-hydrogen) atoms. The van der Waals surface area contributed by atoms with Crippen LogP contribution in [0.1, 0.15) is 34.5 Å². The molecule has 0 radical (unpaired) electrons. The lowest BCUT2D eigenvalue weighted by molar-refractivity contribution is -0.112. The summed E-state index contributed by atoms with van der Waals surface area (Å²) in [5.41, 5.74) is 3.22. The molecule has 0 fully saturated rings. The lowest BCUT2D eigenvalue weighted by Gasteiger charge is -2.09. The van der Waals surface area contributed by atoms with Crippen LogP contribution in [0.4, 0.5) is 5.00 Å². The highest BCUT2D eigenvalue weighted by Crippen LogP contribution is 2.37. The number of aromatic nitrogens is 1. The summed E-state index contributed by atoms with van der Waals surface area (Å²) in [5, 5.41) is 22.5. The Balaban J connectivity index is 1.62. The van der Waals surface area contributed by atoms with E-state index in [1.165, 1.54) is 16.2 Å². The molecule has 2 heterocycles. The van der Waals surface area contributed by atoms with Crippen molar-refractivity contribution in [1.29, 1.82) is 10.5 Å². The minimum absolute atomic E-state index is 0.0117. The van der Waals surface area contributed by atoms with Crippen LogP contribution in [-0.4, -0.2) is 10.5 Å². The van der Waals surface area contributed by atoms with Crippen molar-refractivity contribution in [3.8, 4) is 17.8 Å². The molecule has 1 aromatic carbocycles. The van der Waals surface area contributed by atoms with Gasteiger partial charge in [0.2, 0.25) is 0 Å². The van der Waals surface area contributed by atoms with E-state index in [-0.39, 0.29) is 5.57 Å². The molecule has 1 amide bonds. The Labute approximate surface area is 187 Å². The summed E-state index contributed by atoms with van der Waals surface area (Å²) in [5.74, 6) is -0.504. The molecule has 0 unspecified atom stereocenters. The summed E-state index contributed by atoms with van der Waals surface area (Å²) in [6, 6.07) is 15.7. The number of amides is 1. The molecule has 0 atom stereocenters. The number of benzene rings is 1. The Morgan fingerprint density at radius 3 is 2.67 bits per heavy atom. The van der Waals surface area contributed by atoms with Gasteiger partial charge in [-0.3, -0.25) is 4.79 Å². The van der Waals surface area contributed by atoms with E-state index in [0.29, 0.717) is 10.6 Å². The molecule has 0 bridgehead atoms. The number of carbonyl (C=O) groups is 1. The number of anilines is 1. The van der Waals surface area contributed by atoms with Crippen LogP contribution in [0.3, 0.4) is 0 Å². The van der Waals surface area contributed by atoms with Gasteiger partial charge in [-0.25, -0.2) is 0 Å². The third kappa shape index (κ3) is 3.95. The Kier molecular flexibility index (Phi) is 5.85. The van der Waals surface area contributed by atoms with Crippen molar-refractivity contribution < 1.29 is 4.79 Å². The fourth-order valence-corrected chi connectivity index (χ4v) is 5.09. The monoisotopic (exact) mass is 476 g/mol. The number of nitrogens with zero attached hydrogens (tertiary/aromatic N) is 3. The molecule has 5 nitrogen and oxygen atoms in total. The van der Waals surface area contributed by atoms with Gasteiger partial charge in [-0.1, -0.05) is 15.9 Å². The maximum absolute atomic E-state index is 12.8. The summed E-state index contributed by atoms with van der Waals surface area (Å²) in [6.45, 7) is 0. The average Bonchev–Trinajstić information content (AvgIpc) is 3.36. The second-order valence-electron chi connectivity index (χ2n) is 6.93. The van der Waals surface area contributed by atoms with E-state index in [1.54, 1.807) is 6.08 Å². The summed E-state index contributed by atoms with van der Waals surface area (Å²) in [7, 11) is 0. The van der Waals surface area contributed by atoms with E-state index in [9.17, 15) is 15.3 Å². The zero-order valence-corrected chi connectivity index (χ0v) is 18.4. The number of thiophene rings is 1. The van der Waals surface area contributed by atoms with Crippen molar-refractivity contribution in [2.24, 2.45) is 0 Å². The molecule has 148 valence electrons. The zero-order chi connectivity index (χ0) is 21.1. The second kappa shape index (κ2) is 8.71. The average molecular weight is 477 g/mol. The maximum Gasteiger partial charge on any atom is 0.267 e. The van der Waals surface area contributed by atoms with Crippen molar-refractivity contribution in [2.45, 2.75) is 25.7 Å². The lowest BCUT2D eigenvalue weighted by Crippen LogP contribution is -2.13. The fourth-order valence-electron chi connectivity index (χ4n) is 3.59. The largest absolute Gasteiger partial charge is 0.317 e. The Morgan fingerprint density at radius 1 is 1.17 bits per heavy atom. The predicted molar refractivity (Wildman–Crippen MR) is 121 cm³/mol. The molecule has 1 aliphatic carbocycles. The van der Waals surface area contributed by atoms with Gasteiger partial charge in [0.05, 0.1) is 5.56 Å². The van der Waals surface area contributed by atoms with Crippen LogP contribution < -0.4 is 5.32 Å². The van der Waals surface area contributed by atoms with Gasteiger partial charge in [-0.15, -0.1) is 11.3 Å². The number of carbonyl (C=O) groups excluding carboxylic acids is 1. The number of hydrogen-bond acceptors (Lipinski definition) is 4. The number of aryl methyl sites for hydroxylation is 1. The number of fused-ring (bicyclic) bond motifs is 1. The number of hydrogen-bond donors (Lipinski definition) is 1. The Hall–Kier alpha value is -3.13.